The molecule has 1 heterocycles. The van der Waals surface area contributed by atoms with Crippen LogP contribution in [-0.2, 0) is 29.0 Å². The number of halogens is 4. The molecular formula is C24H21ClF3N2O5S-. The maximum Gasteiger partial charge on any atom is 0.278 e. The minimum Gasteiger partial charge on any atom is -0.772 e. The molecule has 36 heavy (non-hydrogen) atoms. The minimum atomic E-state index is -2.41. The molecule has 3 aromatic rings. The Balaban J connectivity index is 1.82. The SMILES string of the molecule is Cc1cc(OCc2ccc(F)cc2CNC(=O)CC(C)S(=O)[O-])c(Cl)c(=O)n1-c1c(F)cccc1F. The number of ether oxygens (including phenoxy) is 1. The van der Waals surface area contributed by atoms with Gasteiger partial charge in [-0.05, 0) is 42.3 Å². The number of nitrogens with zero attached hydrogens (tertiary/aromatic N) is 1. The lowest BCUT2D eigenvalue weighted by atomic mass is 10.1. The Morgan fingerprint density at radius 3 is 2.47 bits per heavy atom. The third-order valence-electron chi connectivity index (χ3n) is 5.29. The average molecular weight is 542 g/mol. The number of carbonyl (C=O) groups excluding carboxylic acids is 1. The normalized spacial score (nSPS) is 12.8. The molecular weight excluding hydrogens is 521 g/mol. The monoisotopic (exact) mass is 541 g/mol. The third kappa shape index (κ3) is 6.34. The van der Waals surface area contributed by atoms with Crippen molar-refractivity contribution in [3.8, 4) is 11.4 Å². The van der Waals surface area contributed by atoms with Gasteiger partial charge in [0.1, 0.15) is 40.5 Å². The summed E-state index contributed by atoms with van der Waals surface area (Å²) in [5.41, 5.74) is -0.504. The summed E-state index contributed by atoms with van der Waals surface area (Å²) < 4.78 is 70.6. The lowest BCUT2D eigenvalue weighted by Crippen LogP contribution is -2.28. The standard InChI is InChI=1S/C24H22ClF3N2O5S/c1-13-8-20(22(25)24(32)30(13)23-18(27)4-3-5-19(23)28)35-12-15-6-7-17(26)10-16(15)11-29-21(31)9-14(2)36(33)34/h3-8,10,14H,9,11-12H2,1-2H3,(H,29,31)(H,33,34)/p-1. The Labute approximate surface area is 212 Å². The van der Waals surface area contributed by atoms with Gasteiger partial charge < -0.3 is 14.6 Å². The maximum atomic E-state index is 14.2. The molecule has 0 saturated heterocycles. The van der Waals surface area contributed by atoms with E-state index >= 15 is 0 Å². The molecule has 0 spiro atoms. The molecule has 0 aliphatic carbocycles. The molecule has 0 fully saturated rings. The van der Waals surface area contributed by atoms with Crippen molar-refractivity contribution < 1.29 is 31.5 Å². The Hall–Kier alpha value is -3.15. The number of aromatic nitrogens is 1. The van der Waals surface area contributed by atoms with Crippen molar-refractivity contribution in [3.63, 3.8) is 0 Å². The fraction of sp³-hybridized carbons (Fsp3) is 0.250. The van der Waals surface area contributed by atoms with E-state index in [1.807, 2.05) is 0 Å². The largest absolute Gasteiger partial charge is 0.772 e. The Bertz CT molecular complexity index is 1360. The Morgan fingerprint density at radius 2 is 1.83 bits per heavy atom. The van der Waals surface area contributed by atoms with E-state index in [4.69, 9.17) is 16.3 Å². The van der Waals surface area contributed by atoms with Gasteiger partial charge in [0, 0.05) is 30.0 Å². The van der Waals surface area contributed by atoms with Gasteiger partial charge in [0.2, 0.25) is 5.91 Å². The number of nitrogens with one attached hydrogen (secondary N) is 1. The number of hydrogen-bond acceptors (Lipinski definition) is 5. The Kier molecular flexibility index (Phi) is 8.93. The van der Waals surface area contributed by atoms with E-state index in [1.165, 1.54) is 44.2 Å². The molecule has 0 aliphatic rings. The summed E-state index contributed by atoms with van der Waals surface area (Å²) in [4.78, 5) is 24.8. The van der Waals surface area contributed by atoms with Crippen LogP contribution in [0.4, 0.5) is 13.2 Å². The van der Waals surface area contributed by atoms with E-state index in [1.54, 1.807) is 0 Å². The molecule has 12 heteroatoms. The van der Waals surface area contributed by atoms with Crippen LogP contribution >= 0.6 is 11.6 Å². The highest BCUT2D eigenvalue weighted by molar-refractivity contribution is 7.79. The van der Waals surface area contributed by atoms with E-state index in [0.717, 1.165) is 16.7 Å². The Morgan fingerprint density at radius 1 is 1.17 bits per heavy atom. The summed E-state index contributed by atoms with van der Waals surface area (Å²) in [5, 5.41) is 1.23. The summed E-state index contributed by atoms with van der Waals surface area (Å²) in [5.74, 6) is -3.05. The van der Waals surface area contributed by atoms with Gasteiger partial charge in [-0.1, -0.05) is 41.7 Å². The van der Waals surface area contributed by atoms with Crippen LogP contribution in [0.3, 0.4) is 0 Å². The highest BCUT2D eigenvalue weighted by Crippen LogP contribution is 2.27. The van der Waals surface area contributed by atoms with Gasteiger partial charge in [0.25, 0.3) is 5.56 Å². The van der Waals surface area contributed by atoms with Gasteiger partial charge >= 0.3 is 0 Å². The molecule has 0 radical (unpaired) electrons. The fourth-order valence-electron chi connectivity index (χ4n) is 3.42. The van der Waals surface area contributed by atoms with E-state index in [2.05, 4.69) is 5.32 Å². The third-order valence-corrected chi connectivity index (χ3v) is 6.46. The van der Waals surface area contributed by atoms with Crippen LogP contribution in [0, 0.1) is 24.4 Å². The first kappa shape index (κ1) is 27.4. The van der Waals surface area contributed by atoms with Gasteiger partial charge in [-0.25, -0.2) is 13.2 Å². The van der Waals surface area contributed by atoms with Gasteiger partial charge in [0.15, 0.2) is 0 Å². The molecule has 2 atom stereocenters. The zero-order chi connectivity index (χ0) is 26.6. The van der Waals surface area contributed by atoms with Crippen LogP contribution in [0.15, 0.2) is 47.3 Å². The molecule has 0 saturated carbocycles. The average Bonchev–Trinajstić information content (AvgIpc) is 2.81. The predicted octanol–water partition coefficient (Wildman–Crippen LogP) is 4.07. The number of carbonyl (C=O) groups is 1. The maximum absolute atomic E-state index is 14.2. The van der Waals surface area contributed by atoms with Crippen molar-refractivity contribution >= 4 is 28.6 Å². The van der Waals surface area contributed by atoms with Crippen molar-refractivity contribution in [1.82, 2.24) is 9.88 Å². The highest BCUT2D eigenvalue weighted by Gasteiger charge is 2.19. The number of hydrogen-bond donors (Lipinski definition) is 1. The molecule has 2 unspecified atom stereocenters. The van der Waals surface area contributed by atoms with Gasteiger partial charge in [0.05, 0.1) is 0 Å². The molecule has 1 aromatic heterocycles. The number of rotatable bonds is 9. The quantitative estimate of drug-likeness (QED) is 0.412. The highest BCUT2D eigenvalue weighted by atomic mass is 35.5. The number of pyridine rings is 1. The number of aryl methyl sites for hydroxylation is 1. The van der Waals surface area contributed by atoms with Crippen molar-refractivity contribution in [1.29, 1.82) is 0 Å². The second-order valence-corrected chi connectivity index (χ2v) is 9.63. The zero-order valence-corrected chi connectivity index (χ0v) is 20.7. The molecule has 0 bridgehead atoms. The van der Waals surface area contributed by atoms with E-state index in [0.29, 0.717) is 11.1 Å². The molecule has 7 nitrogen and oxygen atoms in total. The smallest absolute Gasteiger partial charge is 0.278 e. The number of amides is 1. The molecule has 2 aromatic carbocycles. The van der Waals surface area contributed by atoms with Crippen molar-refractivity contribution in [2.24, 2.45) is 0 Å². The number of benzene rings is 2. The fourth-order valence-corrected chi connectivity index (χ4v) is 3.90. The van der Waals surface area contributed by atoms with Gasteiger partial charge in [-0.15, -0.1) is 0 Å². The topological polar surface area (TPSA) is 100 Å². The van der Waals surface area contributed by atoms with Crippen LogP contribution in [-0.4, -0.2) is 24.5 Å². The summed E-state index contributed by atoms with van der Waals surface area (Å²) in [6.45, 7) is 2.55. The summed E-state index contributed by atoms with van der Waals surface area (Å²) in [6, 6.07) is 8.31. The van der Waals surface area contributed by atoms with E-state index in [-0.39, 0.29) is 31.0 Å². The molecule has 1 amide bonds. The van der Waals surface area contributed by atoms with E-state index in [9.17, 15) is 31.5 Å². The molecule has 0 aliphatic heterocycles. The number of para-hydroxylation sites is 1. The van der Waals surface area contributed by atoms with Gasteiger partial charge in [-0.2, -0.15) is 0 Å². The lowest BCUT2D eigenvalue weighted by molar-refractivity contribution is -0.121. The van der Waals surface area contributed by atoms with E-state index < -0.39 is 56.0 Å². The summed E-state index contributed by atoms with van der Waals surface area (Å²) in [6.07, 6.45) is -0.259. The van der Waals surface area contributed by atoms with Crippen LogP contribution in [0.5, 0.6) is 5.75 Å². The van der Waals surface area contributed by atoms with Crippen LogP contribution in [0.1, 0.15) is 30.2 Å². The second kappa shape index (κ2) is 11.7. The van der Waals surface area contributed by atoms with Gasteiger partial charge in [-0.3, -0.25) is 18.4 Å². The van der Waals surface area contributed by atoms with Crippen molar-refractivity contribution in [3.05, 3.63) is 92.1 Å². The van der Waals surface area contributed by atoms with Crippen LogP contribution in [0.25, 0.3) is 5.69 Å². The predicted molar refractivity (Wildman–Crippen MR) is 127 cm³/mol. The first-order valence-electron chi connectivity index (χ1n) is 10.6. The molecule has 1 N–H and O–H groups in total. The minimum absolute atomic E-state index is 0.0572. The van der Waals surface area contributed by atoms with Crippen molar-refractivity contribution in [2.75, 3.05) is 0 Å². The van der Waals surface area contributed by atoms with Crippen LogP contribution in [0.2, 0.25) is 5.02 Å². The molecule has 192 valence electrons. The summed E-state index contributed by atoms with van der Waals surface area (Å²) in [7, 11) is 0. The molecule has 3 rings (SSSR count). The second-order valence-electron chi connectivity index (χ2n) is 7.93. The van der Waals surface area contributed by atoms with Crippen LogP contribution < -0.4 is 15.6 Å². The lowest BCUT2D eigenvalue weighted by Gasteiger charge is -2.17. The first-order chi connectivity index (χ1) is 17.0. The first-order valence-corrected chi connectivity index (χ1v) is 12.1. The zero-order valence-electron chi connectivity index (χ0n) is 19.1. The van der Waals surface area contributed by atoms with Crippen molar-refractivity contribution in [2.45, 2.75) is 38.7 Å². The summed E-state index contributed by atoms with van der Waals surface area (Å²) >= 11 is 3.76.